The first kappa shape index (κ1) is 49.8. The third kappa shape index (κ3) is 13.3. The quantitative estimate of drug-likeness (QED) is 0.0768. The normalized spacial score (nSPS) is 11.2. The number of carboxylic acid groups (broad SMARTS) is 1. The molecule has 2 aromatic heterocycles. The topological polar surface area (TPSA) is 153 Å². The maximum Gasteiger partial charge on any atom is 0.349 e. The molecule has 0 radical (unpaired) electrons. The number of carbonyl (C=O) groups is 2. The van der Waals surface area contributed by atoms with Crippen molar-refractivity contribution in [3.05, 3.63) is 181 Å². The van der Waals surface area contributed by atoms with Gasteiger partial charge in [-0.25, -0.2) is 19.6 Å². The van der Waals surface area contributed by atoms with Crippen LogP contribution in [0.4, 0.5) is 0 Å². The number of rotatable bonds is 19. The van der Waals surface area contributed by atoms with E-state index in [-0.39, 0.29) is 0 Å². The van der Waals surface area contributed by atoms with Crippen molar-refractivity contribution in [2.24, 2.45) is 0 Å². The van der Waals surface area contributed by atoms with Crippen molar-refractivity contribution in [3.63, 3.8) is 0 Å². The summed E-state index contributed by atoms with van der Waals surface area (Å²) < 4.78 is 39.9. The number of aromatic nitrogens is 2. The molecule has 0 amide bonds. The molecule has 6 aromatic carbocycles. The average molecular weight is 943 g/mol. The van der Waals surface area contributed by atoms with E-state index < -0.39 is 23.1 Å². The molecule has 70 heavy (non-hydrogen) atoms. The number of aryl methyl sites for hydroxylation is 2. The van der Waals surface area contributed by atoms with E-state index in [9.17, 15) is 14.7 Å². The van der Waals surface area contributed by atoms with Crippen LogP contribution < -0.4 is 18.9 Å². The SMILES string of the molecule is CCOC(=O)C(C)(C)Oc1ccc(OCCc2nc(-c3ccc(-c4ccccc4)cc3)oc2C)cc1.Cc1oc(-c2ccc(-c3ccccc3)cc2)nc1CCOc1ccc(OC(C)(C)C(=O)O)cc1. The Hall–Kier alpha value is -8.12. The van der Waals surface area contributed by atoms with Gasteiger partial charge in [-0.3, -0.25) is 0 Å². The lowest BCUT2D eigenvalue weighted by atomic mass is 10.0. The van der Waals surface area contributed by atoms with Crippen molar-refractivity contribution in [1.82, 2.24) is 9.97 Å². The smallest absolute Gasteiger partial charge is 0.349 e. The Morgan fingerprint density at radius 1 is 0.486 bits per heavy atom. The van der Waals surface area contributed by atoms with Gasteiger partial charge in [0.05, 0.1) is 31.2 Å². The molecule has 12 nitrogen and oxygen atoms in total. The molecule has 0 fully saturated rings. The summed E-state index contributed by atoms with van der Waals surface area (Å²) >= 11 is 0. The Morgan fingerprint density at radius 3 is 1.20 bits per heavy atom. The van der Waals surface area contributed by atoms with E-state index in [0.717, 1.165) is 45.2 Å². The van der Waals surface area contributed by atoms with Gasteiger partial charge in [0.1, 0.15) is 34.5 Å². The minimum Gasteiger partial charge on any atom is -0.493 e. The van der Waals surface area contributed by atoms with Crippen LogP contribution >= 0.6 is 0 Å². The molecule has 12 heteroatoms. The predicted molar refractivity (Wildman–Crippen MR) is 269 cm³/mol. The van der Waals surface area contributed by atoms with E-state index in [2.05, 4.69) is 58.5 Å². The van der Waals surface area contributed by atoms with E-state index >= 15 is 0 Å². The van der Waals surface area contributed by atoms with Crippen LogP contribution in [0.25, 0.3) is 45.2 Å². The van der Waals surface area contributed by atoms with Crippen LogP contribution in [0.15, 0.2) is 167 Å². The van der Waals surface area contributed by atoms with Crippen molar-refractivity contribution in [2.45, 2.75) is 72.5 Å². The highest BCUT2D eigenvalue weighted by Crippen LogP contribution is 2.29. The van der Waals surface area contributed by atoms with E-state index in [1.807, 2.05) is 86.6 Å². The molecule has 0 spiro atoms. The van der Waals surface area contributed by atoms with Crippen molar-refractivity contribution in [3.8, 4) is 68.2 Å². The molecule has 0 aliphatic heterocycles. The van der Waals surface area contributed by atoms with Gasteiger partial charge in [-0.05, 0) is 144 Å². The van der Waals surface area contributed by atoms with Crippen molar-refractivity contribution < 1.29 is 47.2 Å². The van der Waals surface area contributed by atoms with Crippen LogP contribution in [-0.2, 0) is 27.2 Å². The predicted octanol–water partition coefficient (Wildman–Crippen LogP) is 12.8. The highest BCUT2D eigenvalue weighted by molar-refractivity contribution is 5.79. The number of ether oxygens (including phenoxy) is 5. The van der Waals surface area contributed by atoms with Gasteiger partial charge in [-0.2, -0.15) is 0 Å². The molecule has 8 rings (SSSR count). The van der Waals surface area contributed by atoms with Crippen molar-refractivity contribution in [1.29, 1.82) is 0 Å². The van der Waals surface area contributed by atoms with Gasteiger partial charge in [0.2, 0.25) is 11.8 Å². The van der Waals surface area contributed by atoms with E-state index in [0.29, 0.717) is 67.4 Å². The minimum atomic E-state index is -1.30. The molecule has 0 atom stereocenters. The second kappa shape index (κ2) is 22.8. The summed E-state index contributed by atoms with van der Waals surface area (Å²) in [5.41, 5.74) is 5.85. The molecule has 0 aliphatic rings. The molecule has 0 bridgehead atoms. The number of carboxylic acids is 1. The first-order valence-electron chi connectivity index (χ1n) is 23.2. The van der Waals surface area contributed by atoms with Crippen LogP contribution in [0.1, 0.15) is 57.5 Å². The second-order valence-electron chi connectivity index (χ2n) is 17.3. The lowest BCUT2D eigenvalue weighted by Crippen LogP contribution is -2.39. The van der Waals surface area contributed by atoms with Crippen LogP contribution in [-0.4, -0.2) is 58.0 Å². The molecule has 0 unspecified atom stereocenters. The van der Waals surface area contributed by atoms with Gasteiger partial charge < -0.3 is 37.6 Å². The van der Waals surface area contributed by atoms with Gasteiger partial charge >= 0.3 is 11.9 Å². The first-order valence-corrected chi connectivity index (χ1v) is 23.2. The number of oxazole rings is 2. The number of carbonyl (C=O) groups excluding carboxylic acids is 1. The van der Waals surface area contributed by atoms with Gasteiger partial charge in [0, 0.05) is 24.0 Å². The summed E-state index contributed by atoms with van der Waals surface area (Å²) in [5.74, 6) is 3.72. The third-order valence-corrected chi connectivity index (χ3v) is 11.2. The molecule has 0 aliphatic carbocycles. The van der Waals surface area contributed by atoms with Gasteiger partial charge in [-0.15, -0.1) is 0 Å². The van der Waals surface area contributed by atoms with Crippen LogP contribution in [0.2, 0.25) is 0 Å². The zero-order chi connectivity index (χ0) is 49.7. The first-order chi connectivity index (χ1) is 33.7. The fourth-order valence-electron chi connectivity index (χ4n) is 7.16. The summed E-state index contributed by atoms with van der Waals surface area (Å²) in [4.78, 5) is 32.6. The molecule has 8 aromatic rings. The molecular formula is C58H58N2O10. The van der Waals surface area contributed by atoms with Gasteiger partial charge in [0.25, 0.3) is 0 Å². The second-order valence-corrected chi connectivity index (χ2v) is 17.3. The molecule has 2 heterocycles. The van der Waals surface area contributed by atoms with Crippen molar-refractivity contribution >= 4 is 11.9 Å². The molecule has 360 valence electrons. The number of hydrogen-bond acceptors (Lipinski definition) is 11. The number of esters is 1. The zero-order valence-electron chi connectivity index (χ0n) is 40.6. The lowest BCUT2D eigenvalue weighted by Gasteiger charge is -2.24. The summed E-state index contributed by atoms with van der Waals surface area (Å²) in [7, 11) is 0. The number of benzene rings is 6. The average Bonchev–Trinajstić information content (AvgIpc) is 3.93. The Balaban J connectivity index is 0.000000207. The fraction of sp³-hybridized carbons (Fsp3) is 0.241. The summed E-state index contributed by atoms with van der Waals surface area (Å²) in [6, 6.07) is 50.9. The maximum absolute atomic E-state index is 12.0. The van der Waals surface area contributed by atoms with Gasteiger partial charge in [0.15, 0.2) is 11.2 Å². The third-order valence-electron chi connectivity index (χ3n) is 11.2. The van der Waals surface area contributed by atoms with Gasteiger partial charge in [-0.1, -0.05) is 84.9 Å². The summed E-state index contributed by atoms with van der Waals surface area (Å²) in [6.07, 6.45) is 1.22. The van der Waals surface area contributed by atoms with Crippen molar-refractivity contribution in [2.75, 3.05) is 19.8 Å². The highest BCUT2D eigenvalue weighted by atomic mass is 16.6. The monoisotopic (exact) mass is 942 g/mol. The Morgan fingerprint density at radius 2 is 0.829 bits per heavy atom. The number of hydrogen-bond donors (Lipinski definition) is 1. The van der Waals surface area contributed by atoms with Crippen LogP contribution in [0.3, 0.4) is 0 Å². The number of nitrogens with zero attached hydrogens (tertiary/aromatic N) is 2. The highest BCUT2D eigenvalue weighted by Gasteiger charge is 2.32. The molecule has 1 N–H and O–H groups in total. The lowest BCUT2D eigenvalue weighted by molar-refractivity contribution is -0.158. The maximum atomic E-state index is 12.0. The minimum absolute atomic E-state index is 0.311. The summed E-state index contributed by atoms with van der Waals surface area (Å²) in [6.45, 7) is 13.2. The van der Waals surface area contributed by atoms with Crippen LogP contribution in [0, 0.1) is 13.8 Å². The summed E-state index contributed by atoms with van der Waals surface area (Å²) in [5, 5.41) is 9.17. The van der Waals surface area contributed by atoms with E-state index in [4.69, 9.17) is 32.5 Å². The molecule has 0 saturated heterocycles. The Bertz CT molecular complexity index is 2920. The Labute approximate surface area is 408 Å². The fourth-order valence-corrected chi connectivity index (χ4v) is 7.16. The number of aliphatic carboxylic acids is 1. The Kier molecular flexibility index (Phi) is 16.2. The van der Waals surface area contributed by atoms with Crippen LogP contribution in [0.5, 0.6) is 23.0 Å². The van der Waals surface area contributed by atoms with E-state index in [1.165, 1.54) is 25.0 Å². The zero-order valence-corrected chi connectivity index (χ0v) is 40.6. The largest absolute Gasteiger partial charge is 0.493 e. The molecular weight excluding hydrogens is 885 g/mol. The molecule has 0 saturated carbocycles. The standard InChI is InChI=1S/C30H31NO5.C28H27NO5/c1-5-33-29(32)30(3,4)36-26-17-15-25(16-18-26)34-20-19-27-21(2)35-28(31-27)24-13-11-23(12-14-24)22-9-7-6-8-10-22;1-19-25(17-18-32-23-13-15-24(16-14-23)34-28(2,3)27(30)31)29-26(33-19)22-11-9-21(10-12-22)20-7-5-4-6-8-20/h6-18H,5,19-20H2,1-4H3;4-16H,17-18H2,1-3H3,(H,30,31). The van der Waals surface area contributed by atoms with E-state index in [1.54, 1.807) is 57.2 Å².